The van der Waals surface area contributed by atoms with Gasteiger partial charge in [-0.3, -0.25) is 0 Å². The fourth-order valence-electron chi connectivity index (χ4n) is 1.33. The molecule has 0 atom stereocenters. The zero-order chi connectivity index (χ0) is 12.0. The summed E-state index contributed by atoms with van der Waals surface area (Å²) in [5.74, 6) is 1.62. The number of nitrogens with one attached hydrogen (secondary N) is 1. The van der Waals surface area contributed by atoms with E-state index in [1.165, 1.54) is 0 Å². The molecule has 1 aromatic heterocycles. The number of hydrogen-bond donors (Lipinski definition) is 1. The average Bonchev–Trinajstić information content (AvgIpc) is 2.24. The van der Waals surface area contributed by atoms with Gasteiger partial charge in [0.05, 0.1) is 4.47 Å². The Morgan fingerprint density at radius 1 is 1.50 bits per heavy atom. The lowest BCUT2D eigenvalue weighted by molar-refractivity contribution is 0.553. The summed E-state index contributed by atoms with van der Waals surface area (Å²) >= 11 is 3.44. The van der Waals surface area contributed by atoms with E-state index >= 15 is 0 Å². The molecular weight excluding hydrogens is 268 g/mol. The quantitative estimate of drug-likeness (QED) is 0.812. The standard InChI is InChI=1S/C11H19BrN4/c1-9(2)6-13-4-5-16(3)11-10(12)7-14-8-15-11/h7-9,13H,4-6H2,1-3H3. The number of likely N-dealkylation sites (N-methyl/N-ethyl adjacent to an activating group) is 1. The highest BCUT2D eigenvalue weighted by atomic mass is 79.9. The van der Waals surface area contributed by atoms with E-state index in [2.05, 4.69) is 50.0 Å². The first kappa shape index (κ1) is 13.4. The van der Waals surface area contributed by atoms with Crippen LogP contribution in [-0.4, -0.2) is 36.6 Å². The Morgan fingerprint density at radius 2 is 2.25 bits per heavy atom. The number of aromatic nitrogens is 2. The van der Waals surface area contributed by atoms with Gasteiger partial charge in [-0.05, 0) is 28.4 Å². The van der Waals surface area contributed by atoms with Gasteiger partial charge in [0.25, 0.3) is 0 Å². The summed E-state index contributed by atoms with van der Waals surface area (Å²) < 4.78 is 0.932. The van der Waals surface area contributed by atoms with E-state index in [-0.39, 0.29) is 0 Å². The topological polar surface area (TPSA) is 41.0 Å². The van der Waals surface area contributed by atoms with Crippen molar-refractivity contribution < 1.29 is 0 Å². The van der Waals surface area contributed by atoms with E-state index in [9.17, 15) is 0 Å². The summed E-state index contributed by atoms with van der Waals surface area (Å²) in [6.45, 7) is 7.36. The van der Waals surface area contributed by atoms with E-state index in [1.54, 1.807) is 12.5 Å². The van der Waals surface area contributed by atoms with Gasteiger partial charge >= 0.3 is 0 Å². The molecule has 0 saturated heterocycles. The molecular formula is C11H19BrN4. The van der Waals surface area contributed by atoms with E-state index in [4.69, 9.17) is 0 Å². The molecule has 1 heterocycles. The molecule has 0 fully saturated rings. The molecule has 0 aliphatic heterocycles. The summed E-state index contributed by atoms with van der Waals surface area (Å²) in [6, 6.07) is 0. The smallest absolute Gasteiger partial charge is 0.146 e. The van der Waals surface area contributed by atoms with Crippen LogP contribution in [0.3, 0.4) is 0 Å². The van der Waals surface area contributed by atoms with Crippen molar-refractivity contribution in [1.29, 1.82) is 0 Å². The van der Waals surface area contributed by atoms with Gasteiger partial charge in [0.15, 0.2) is 0 Å². The second-order valence-electron chi connectivity index (χ2n) is 4.21. The van der Waals surface area contributed by atoms with Crippen molar-refractivity contribution in [3.05, 3.63) is 17.0 Å². The monoisotopic (exact) mass is 286 g/mol. The van der Waals surface area contributed by atoms with Gasteiger partial charge in [-0.25, -0.2) is 9.97 Å². The Labute approximate surface area is 106 Å². The van der Waals surface area contributed by atoms with Crippen LogP contribution in [0.25, 0.3) is 0 Å². The normalized spacial score (nSPS) is 10.8. The zero-order valence-electron chi connectivity index (χ0n) is 10.1. The van der Waals surface area contributed by atoms with Crippen molar-refractivity contribution in [2.45, 2.75) is 13.8 Å². The van der Waals surface area contributed by atoms with Crippen molar-refractivity contribution >= 4 is 21.7 Å². The molecule has 4 nitrogen and oxygen atoms in total. The number of nitrogens with zero attached hydrogens (tertiary/aromatic N) is 3. The molecule has 1 N–H and O–H groups in total. The van der Waals surface area contributed by atoms with Crippen LogP contribution in [0, 0.1) is 5.92 Å². The van der Waals surface area contributed by atoms with Gasteiger partial charge in [-0.1, -0.05) is 13.8 Å². The van der Waals surface area contributed by atoms with Crippen LogP contribution in [-0.2, 0) is 0 Å². The first-order valence-electron chi connectivity index (χ1n) is 5.48. The van der Waals surface area contributed by atoms with Gasteiger partial charge in [-0.2, -0.15) is 0 Å². The van der Waals surface area contributed by atoms with Gasteiger partial charge in [0.2, 0.25) is 0 Å². The lowest BCUT2D eigenvalue weighted by Crippen LogP contribution is -2.31. The van der Waals surface area contributed by atoms with Crippen LogP contribution in [0.2, 0.25) is 0 Å². The highest BCUT2D eigenvalue weighted by molar-refractivity contribution is 9.10. The minimum atomic E-state index is 0.691. The fraction of sp³-hybridized carbons (Fsp3) is 0.636. The van der Waals surface area contributed by atoms with Crippen molar-refractivity contribution in [3.63, 3.8) is 0 Å². The average molecular weight is 287 g/mol. The summed E-state index contributed by atoms with van der Waals surface area (Å²) in [4.78, 5) is 10.3. The number of anilines is 1. The summed E-state index contributed by atoms with van der Waals surface area (Å²) in [7, 11) is 2.03. The van der Waals surface area contributed by atoms with E-state index in [0.29, 0.717) is 5.92 Å². The summed E-state index contributed by atoms with van der Waals surface area (Å²) in [6.07, 6.45) is 3.33. The third-order valence-electron chi connectivity index (χ3n) is 2.19. The summed E-state index contributed by atoms with van der Waals surface area (Å²) in [5, 5.41) is 3.40. The maximum atomic E-state index is 4.23. The molecule has 0 aliphatic rings. The minimum Gasteiger partial charge on any atom is -0.357 e. The maximum Gasteiger partial charge on any atom is 0.146 e. The predicted octanol–water partition coefficient (Wildman–Crippen LogP) is 1.92. The lowest BCUT2D eigenvalue weighted by Gasteiger charge is -2.19. The third kappa shape index (κ3) is 4.45. The zero-order valence-corrected chi connectivity index (χ0v) is 11.7. The van der Waals surface area contributed by atoms with E-state index < -0.39 is 0 Å². The Kier molecular flexibility index (Phi) is 5.69. The second kappa shape index (κ2) is 6.81. The molecule has 1 aromatic rings. The molecule has 0 radical (unpaired) electrons. The van der Waals surface area contributed by atoms with Crippen LogP contribution >= 0.6 is 15.9 Å². The number of rotatable bonds is 6. The molecule has 90 valence electrons. The fourth-order valence-corrected chi connectivity index (χ4v) is 1.85. The predicted molar refractivity (Wildman–Crippen MR) is 70.7 cm³/mol. The first-order valence-corrected chi connectivity index (χ1v) is 6.28. The molecule has 0 unspecified atom stereocenters. The molecule has 0 aliphatic carbocycles. The van der Waals surface area contributed by atoms with E-state index in [1.807, 2.05) is 7.05 Å². The third-order valence-corrected chi connectivity index (χ3v) is 2.75. The second-order valence-corrected chi connectivity index (χ2v) is 5.07. The Balaban J connectivity index is 2.35. The van der Waals surface area contributed by atoms with Gasteiger partial charge < -0.3 is 10.2 Å². The first-order chi connectivity index (χ1) is 7.61. The molecule has 5 heteroatoms. The van der Waals surface area contributed by atoms with Crippen LogP contribution in [0.15, 0.2) is 17.0 Å². The van der Waals surface area contributed by atoms with Crippen LogP contribution in [0.1, 0.15) is 13.8 Å². The Morgan fingerprint density at radius 3 is 2.88 bits per heavy atom. The maximum absolute atomic E-state index is 4.23. The largest absolute Gasteiger partial charge is 0.357 e. The van der Waals surface area contributed by atoms with Crippen LogP contribution < -0.4 is 10.2 Å². The van der Waals surface area contributed by atoms with Gasteiger partial charge in [0, 0.05) is 26.3 Å². The van der Waals surface area contributed by atoms with Crippen molar-refractivity contribution in [3.8, 4) is 0 Å². The lowest BCUT2D eigenvalue weighted by atomic mass is 10.2. The molecule has 16 heavy (non-hydrogen) atoms. The van der Waals surface area contributed by atoms with Crippen molar-refractivity contribution in [1.82, 2.24) is 15.3 Å². The minimum absolute atomic E-state index is 0.691. The van der Waals surface area contributed by atoms with Crippen molar-refractivity contribution in [2.75, 3.05) is 31.6 Å². The molecule has 1 rings (SSSR count). The molecule has 0 bridgehead atoms. The van der Waals surface area contributed by atoms with E-state index in [0.717, 1.165) is 29.9 Å². The highest BCUT2D eigenvalue weighted by Gasteiger charge is 2.06. The van der Waals surface area contributed by atoms with Gasteiger partial charge in [-0.15, -0.1) is 0 Å². The number of halogens is 1. The molecule has 0 saturated carbocycles. The molecule has 0 spiro atoms. The highest BCUT2D eigenvalue weighted by Crippen LogP contribution is 2.19. The van der Waals surface area contributed by atoms with Crippen LogP contribution in [0.5, 0.6) is 0 Å². The van der Waals surface area contributed by atoms with Gasteiger partial charge in [0.1, 0.15) is 12.1 Å². The SMILES string of the molecule is CC(C)CNCCN(C)c1ncncc1Br. The molecule has 0 aromatic carbocycles. The Hall–Kier alpha value is -0.680. The summed E-state index contributed by atoms with van der Waals surface area (Å²) in [5.41, 5.74) is 0. The number of hydrogen-bond acceptors (Lipinski definition) is 4. The van der Waals surface area contributed by atoms with Crippen molar-refractivity contribution in [2.24, 2.45) is 5.92 Å². The van der Waals surface area contributed by atoms with Crippen LogP contribution in [0.4, 0.5) is 5.82 Å². The Bertz CT molecular complexity index is 317. The molecule has 0 amide bonds.